The third-order valence-electron chi connectivity index (χ3n) is 2.97. The standard InChI is InChI=1S/C15H25NO2S/c1-4-12-19(17,18)15-9-7-14(8-10-15)16-11-5-6-13(2)3/h7-10,13,16H,4-6,11-12H2,1-3H3. The average Bonchev–Trinajstić information content (AvgIpc) is 2.35. The highest BCUT2D eigenvalue weighted by atomic mass is 32.2. The lowest BCUT2D eigenvalue weighted by Crippen LogP contribution is -2.06. The van der Waals surface area contributed by atoms with Gasteiger partial charge in [-0.2, -0.15) is 0 Å². The van der Waals surface area contributed by atoms with Crippen LogP contribution in [0.4, 0.5) is 5.69 Å². The van der Waals surface area contributed by atoms with Crippen LogP contribution in [-0.2, 0) is 9.84 Å². The normalized spacial score (nSPS) is 11.8. The summed E-state index contributed by atoms with van der Waals surface area (Å²) in [5, 5.41) is 3.32. The number of nitrogens with one attached hydrogen (secondary N) is 1. The van der Waals surface area contributed by atoms with Crippen molar-refractivity contribution in [1.29, 1.82) is 0 Å². The summed E-state index contributed by atoms with van der Waals surface area (Å²) in [6.45, 7) is 7.24. The molecule has 0 radical (unpaired) electrons. The van der Waals surface area contributed by atoms with Crippen LogP contribution in [-0.4, -0.2) is 20.7 Å². The van der Waals surface area contributed by atoms with E-state index < -0.39 is 9.84 Å². The minimum atomic E-state index is -3.09. The first-order chi connectivity index (χ1) is 8.95. The fraction of sp³-hybridized carbons (Fsp3) is 0.600. The molecule has 0 bridgehead atoms. The van der Waals surface area contributed by atoms with E-state index in [0.717, 1.165) is 24.6 Å². The predicted molar refractivity (Wildman–Crippen MR) is 81.3 cm³/mol. The van der Waals surface area contributed by atoms with Gasteiger partial charge in [-0.3, -0.25) is 0 Å². The molecule has 0 aliphatic heterocycles. The van der Waals surface area contributed by atoms with E-state index in [2.05, 4.69) is 19.2 Å². The van der Waals surface area contributed by atoms with Crippen LogP contribution >= 0.6 is 0 Å². The largest absolute Gasteiger partial charge is 0.385 e. The van der Waals surface area contributed by atoms with Gasteiger partial charge in [-0.15, -0.1) is 0 Å². The smallest absolute Gasteiger partial charge is 0.178 e. The van der Waals surface area contributed by atoms with Crippen molar-refractivity contribution in [3.05, 3.63) is 24.3 Å². The molecule has 0 saturated heterocycles. The molecule has 1 rings (SSSR count). The summed E-state index contributed by atoms with van der Waals surface area (Å²) in [6.07, 6.45) is 2.99. The number of sulfone groups is 1. The van der Waals surface area contributed by atoms with Crippen molar-refractivity contribution >= 4 is 15.5 Å². The lowest BCUT2D eigenvalue weighted by molar-refractivity contribution is 0.567. The molecule has 0 aliphatic carbocycles. The van der Waals surface area contributed by atoms with Gasteiger partial charge >= 0.3 is 0 Å². The molecule has 0 aliphatic rings. The fourth-order valence-corrected chi connectivity index (χ4v) is 3.23. The highest BCUT2D eigenvalue weighted by molar-refractivity contribution is 7.91. The maximum absolute atomic E-state index is 11.9. The Hall–Kier alpha value is -1.03. The van der Waals surface area contributed by atoms with Crippen LogP contribution in [0, 0.1) is 5.92 Å². The van der Waals surface area contributed by atoms with E-state index in [1.807, 2.05) is 19.1 Å². The van der Waals surface area contributed by atoms with Crippen molar-refractivity contribution in [2.24, 2.45) is 5.92 Å². The molecule has 3 nitrogen and oxygen atoms in total. The Morgan fingerprint density at radius 1 is 1.16 bits per heavy atom. The zero-order valence-corrected chi connectivity index (χ0v) is 13.0. The minimum absolute atomic E-state index is 0.216. The quantitative estimate of drug-likeness (QED) is 0.740. The fourth-order valence-electron chi connectivity index (χ4n) is 1.91. The Balaban J connectivity index is 2.52. The van der Waals surface area contributed by atoms with Gasteiger partial charge in [-0.25, -0.2) is 8.42 Å². The number of rotatable bonds is 8. The maximum Gasteiger partial charge on any atom is 0.178 e. The second kappa shape index (κ2) is 7.53. The Kier molecular flexibility index (Phi) is 6.35. The van der Waals surface area contributed by atoms with Crippen molar-refractivity contribution < 1.29 is 8.42 Å². The van der Waals surface area contributed by atoms with Crippen LogP contribution in [0.25, 0.3) is 0 Å². The van der Waals surface area contributed by atoms with Gasteiger partial charge in [0, 0.05) is 12.2 Å². The summed E-state index contributed by atoms with van der Waals surface area (Å²) >= 11 is 0. The summed E-state index contributed by atoms with van der Waals surface area (Å²) in [4.78, 5) is 0.419. The zero-order chi connectivity index (χ0) is 14.3. The van der Waals surface area contributed by atoms with Gasteiger partial charge in [0.1, 0.15) is 0 Å². The third-order valence-corrected chi connectivity index (χ3v) is 4.91. The van der Waals surface area contributed by atoms with E-state index >= 15 is 0 Å². The number of anilines is 1. The van der Waals surface area contributed by atoms with E-state index in [4.69, 9.17) is 0 Å². The summed E-state index contributed by atoms with van der Waals surface area (Å²) in [5.74, 6) is 0.942. The second-order valence-electron chi connectivity index (χ2n) is 5.31. The summed E-state index contributed by atoms with van der Waals surface area (Å²) < 4.78 is 23.7. The molecule has 0 fully saturated rings. The summed E-state index contributed by atoms with van der Waals surface area (Å²) in [6, 6.07) is 7.07. The van der Waals surface area contributed by atoms with Crippen LogP contribution in [0.1, 0.15) is 40.0 Å². The maximum atomic E-state index is 11.9. The Labute approximate surface area is 117 Å². The molecule has 0 unspecified atom stereocenters. The van der Waals surface area contributed by atoms with E-state index in [1.54, 1.807) is 12.1 Å². The Morgan fingerprint density at radius 2 is 1.79 bits per heavy atom. The molecular formula is C15H25NO2S. The molecule has 108 valence electrons. The predicted octanol–water partition coefficient (Wildman–Crippen LogP) is 3.72. The highest BCUT2D eigenvalue weighted by Crippen LogP contribution is 2.16. The van der Waals surface area contributed by atoms with Crippen molar-refractivity contribution in [3.8, 4) is 0 Å². The van der Waals surface area contributed by atoms with Gasteiger partial charge in [0.2, 0.25) is 0 Å². The lowest BCUT2D eigenvalue weighted by atomic mass is 10.1. The van der Waals surface area contributed by atoms with Crippen LogP contribution in [0.3, 0.4) is 0 Å². The van der Waals surface area contributed by atoms with E-state index in [0.29, 0.717) is 11.3 Å². The van der Waals surface area contributed by atoms with Gasteiger partial charge in [-0.1, -0.05) is 20.8 Å². The van der Waals surface area contributed by atoms with Crippen molar-refractivity contribution in [1.82, 2.24) is 0 Å². The molecule has 1 aromatic rings. The first-order valence-corrected chi connectivity index (χ1v) is 8.67. The number of hydrogen-bond donors (Lipinski definition) is 1. The molecule has 0 heterocycles. The van der Waals surface area contributed by atoms with Crippen molar-refractivity contribution in [2.75, 3.05) is 17.6 Å². The van der Waals surface area contributed by atoms with Gasteiger partial charge < -0.3 is 5.32 Å². The van der Waals surface area contributed by atoms with Gasteiger partial charge in [-0.05, 0) is 49.4 Å². The van der Waals surface area contributed by atoms with Crippen LogP contribution in [0.5, 0.6) is 0 Å². The molecule has 1 aromatic carbocycles. The molecule has 0 saturated carbocycles. The van der Waals surface area contributed by atoms with Crippen molar-refractivity contribution in [3.63, 3.8) is 0 Å². The van der Waals surface area contributed by atoms with E-state index in [1.165, 1.54) is 6.42 Å². The van der Waals surface area contributed by atoms with Gasteiger partial charge in [0.05, 0.1) is 10.6 Å². The molecule has 0 aromatic heterocycles. The Bertz CT molecular complexity index is 463. The average molecular weight is 283 g/mol. The van der Waals surface area contributed by atoms with Gasteiger partial charge in [0.25, 0.3) is 0 Å². The highest BCUT2D eigenvalue weighted by Gasteiger charge is 2.12. The first kappa shape index (κ1) is 16.0. The second-order valence-corrected chi connectivity index (χ2v) is 7.42. The lowest BCUT2D eigenvalue weighted by Gasteiger charge is -2.09. The number of hydrogen-bond acceptors (Lipinski definition) is 3. The van der Waals surface area contributed by atoms with E-state index in [9.17, 15) is 8.42 Å². The SMILES string of the molecule is CCCS(=O)(=O)c1ccc(NCCCC(C)C)cc1. The molecule has 4 heteroatoms. The Morgan fingerprint density at radius 3 is 2.32 bits per heavy atom. The minimum Gasteiger partial charge on any atom is -0.385 e. The monoisotopic (exact) mass is 283 g/mol. The van der Waals surface area contributed by atoms with Crippen LogP contribution in [0.15, 0.2) is 29.2 Å². The van der Waals surface area contributed by atoms with Crippen molar-refractivity contribution in [2.45, 2.75) is 44.9 Å². The topological polar surface area (TPSA) is 46.2 Å². The summed E-state index contributed by atoms with van der Waals surface area (Å²) in [7, 11) is -3.09. The van der Waals surface area contributed by atoms with Gasteiger partial charge in [0.15, 0.2) is 9.84 Å². The summed E-state index contributed by atoms with van der Waals surface area (Å²) in [5.41, 5.74) is 0.985. The first-order valence-electron chi connectivity index (χ1n) is 7.02. The molecular weight excluding hydrogens is 258 g/mol. The third kappa shape index (κ3) is 5.64. The number of benzene rings is 1. The molecule has 0 amide bonds. The zero-order valence-electron chi connectivity index (χ0n) is 12.1. The van der Waals surface area contributed by atoms with E-state index in [-0.39, 0.29) is 5.75 Å². The molecule has 1 N–H and O–H groups in total. The van der Waals surface area contributed by atoms with Crippen LogP contribution in [0.2, 0.25) is 0 Å². The molecule has 19 heavy (non-hydrogen) atoms. The molecule has 0 spiro atoms. The molecule has 0 atom stereocenters. The van der Waals surface area contributed by atoms with Crippen LogP contribution < -0.4 is 5.32 Å².